The first-order valence-corrected chi connectivity index (χ1v) is 9.29. The second-order valence-corrected chi connectivity index (χ2v) is 8.64. The fraction of sp³-hybridized carbons (Fsp3) is 0.611. The topological polar surface area (TPSA) is 61.8 Å². The lowest BCUT2D eigenvalue weighted by Gasteiger charge is -2.28. The van der Waals surface area contributed by atoms with Gasteiger partial charge in [0.25, 0.3) is 0 Å². The van der Waals surface area contributed by atoms with Crippen molar-refractivity contribution >= 4 is 29.3 Å². The van der Waals surface area contributed by atoms with Crippen LogP contribution in [0.4, 0.5) is 4.79 Å². The van der Waals surface area contributed by atoms with E-state index in [9.17, 15) is 9.90 Å². The van der Waals surface area contributed by atoms with E-state index in [1.165, 1.54) is 0 Å². The summed E-state index contributed by atoms with van der Waals surface area (Å²) in [5.41, 5.74) is 1.44. The summed E-state index contributed by atoms with van der Waals surface area (Å²) < 4.78 is 5.32. The first kappa shape index (κ1) is 18.8. The van der Waals surface area contributed by atoms with E-state index in [-0.39, 0.29) is 12.1 Å². The van der Waals surface area contributed by atoms with Crippen LogP contribution in [0.1, 0.15) is 44.4 Å². The van der Waals surface area contributed by atoms with Crippen LogP contribution in [0.15, 0.2) is 12.1 Å². The van der Waals surface area contributed by atoms with Crippen molar-refractivity contribution in [3.05, 3.63) is 33.3 Å². The van der Waals surface area contributed by atoms with Gasteiger partial charge in [0.1, 0.15) is 5.60 Å². The predicted octanol–water partition coefficient (Wildman–Crippen LogP) is 3.55. The van der Waals surface area contributed by atoms with E-state index in [4.69, 9.17) is 27.9 Å². The summed E-state index contributed by atoms with van der Waals surface area (Å²) in [5.74, 6) is 0. The molecule has 1 aliphatic carbocycles. The lowest BCUT2D eigenvalue weighted by Crippen LogP contribution is -2.41. The molecule has 138 valence electrons. The summed E-state index contributed by atoms with van der Waals surface area (Å²) in [7, 11) is 0. The molecular formula is C18H24Cl2N2O3. The Bertz CT molecular complexity index is 675. The maximum Gasteiger partial charge on any atom is 0.407 e. The lowest BCUT2D eigenvalue weighted by atomic mass is 10.1. The number of rotatable bonds is 2. The van der Waals surface area contributed by atoms with Crippen molar-refractivity contribution in [2.24, 2.45) is 0 Å². The summed E-state index contributed by atoms with van der Waals surface area (Å²) in [6.45, 7) is 6.96. The molecule has 0 radical (unpaired) electrons. The number of aliphatic hydroxyl groups excluding tert-OH is 1. The molecule has 3 rings (SSSR count). The summed E-state index contributed by atoms with van der Waals surface area (Å²) in [5, 5.41) is 14.6. The Balaban J connectivity index is 1.68. The number of hydrogen-bond acceptors (Lipinski definition) is 4. The molecule has 1 aromatic rings. The Hall–Kier alpha value is -1.01. The molecular weight excluding hydrogens is 363 g/mol. The molecule has 1 aromatic carbocycles. The molecule has 0 aromatic heterocycles. The number of benzene rings is 1. The number of likely N-dealkylation sites (tertiary alicyclic amines) is 1. The van der Waals surface area contributed by atoms with Crippen molar-refractivity contribution in [1.29, 1.82) is 0 Å². The Morgan fingerprint density at radius 3 is 2.76 bits per heavy atom. The van der Waals surface area contributed by atoms with Gasteiger partial charge in [-0.3, -0.25) is 4.90 Å². The largest absolute Gasteiger partial charge is 0.444 e. The SMILES string of the molecule is CC(C)(C)OC(=O)N[C@@H]1CCN([C@@H]2c3cc(Cl)cc(Cl)c3C[C@H]2O)C1. The third-order valence-corrected chi connectivity index (χ3v) is 5.18. The van der Waals surface area contributed by atoms with Crippen molar-refractivity contribution in [2.45, 2.75) is 57.4 Å². The number of ether oxygens (including phenoxy) is 1. The van der Waals surface area contributed by atoms with Gasteiger partial charge in [-0.2, -0.15) is 0 Å². The van der Waals surface area contributed by atoms with E-state index in [0.29, 0.717) is 23.0 Å². The second-order valence-electron chi connectivity index (χ2n) is 7.80. The Morgan fingerprint density at radius 2 is 2.08 bits per heavy atom. The van der Waals surface area contributed by atoms with Crippen LogP contribution in [-0.4, -0.2) is 46.9 Å². The number of halogens is 2. The van der Waals surface area contributed by atoms with Crippen LogP contribution < -0.4 is 5.32 Å². The molecule has 2 aliphatic rings. The first-order valence-electron chi connectivity index (χ1n) is 8.53. The van der Waals surface area contributed by atoms with Crippen LogP contribution in [0.3, 0.4) is 0 Å². The van der Waals surface area contributed by atoms with Crippen molar-refractivity contribution in [2.75, 3.05) is 13.1 Å². The molecule has 0 saturated carbocycles. The Morgan fingerprint density at radius 1 is 1.36 bits per heavy atom. The van der Waals surface area contributed by atoms with Gasteiger partial charge in [0.2, 0.25) is 0 Å². The van der Waals surface area contributed by atoms with Crippen molar-refractivity contribution in [3.63, 3.8) is 0 Å². The quantitative estimate of drug-likeness (QED) is 0.815. The van der Waals surface area contributed by atoms with Crippen LogP contribution in [0.5, 0.6) is 0 Å². The maximum absolute atomic E-state index is 12.0. The molecule has 7 heteroatoms. The van der Waals surface area contributed by atoms with Gasteiger partial charge < -0.3 is 15.2 Å². The minimum Gasteiger partial charge on any atom is -0.444 e. The van der Waals surface area contributed by atoms with Crippen molar-refractivity contribution in [1.82, 2.24) is 10.2 Å². The van der Waals surface area contributed by atoms with Gasteiger partial charge >= 0.3 is 6.09 Å². The summed E-state index contributed by atoms with van der Waals surface area (Å²) in [6, 6.07) is 3.46. The van der Waals surface area contributed by atoms with E-state index in [1.54, 1.807) is 6.07 Å². The number of amides is 1. The molecule has 2 N–H and O–H groups in total. The highest BCUT2D eigenvalue weighted by Gasteiger charge is 2.40. The van der Waals surface area contributed by atoms with Crippen LogP contribution in [-0.2, 0) is 11.2 Å². The molecule has 1 saturated heterocycles. The molecule has 1 fully saturated rings. The number of carbonyl (C=O) groups is 1. The summed E-state index contributed by atoms with van der Waals surface area (Å²) in [6.07, 6.45) is 0.409. The fourth-order valence-electron chi connectivity index (χ4n) is 3.70. The number of fused-ring (bicyclic) bond motifs is 1. The molecule has 0 spiro atoms. The monoisotopic (exact) mass is 386 g/mol. The normalized spacial score (nSPS) is 26.6. The number of carbonyl (C=O) groups excluding carboxylic acids is 1. The minimum absolute atomic E-state index is 0.000700. The number of alkyl carbamates (subject to hydrolysis) is 1. The van der Waals surface area contributed by atoms with Gasteiger partial charge in [0, 0.05) is 35.6 Å². The van der Waals surface area contributed by atoms with Gasteiger partial charge in [-0.1, -0.05) is 23.2 Å². The van der Waals surface area contributed by atoms with Gasteiger partial charge in [0.05, 0.1) is 12.1 Å². The average Bonchev–Trinajstić information content (AvgIpc) is 3.00. The van der Waals surface area contributed by atoms with Crippen LogP contribution in [0.2, 0.25) is 10.0 Å². The molecule has 1 amide bonds. The molecule has 1 heterocycles. The first-order chi connectivity index (χ1) is 11.6. The molecule has 25 heavy (non-hydrogen) atoms. The molecule has 5 nitrogen and oxygen atoms in total. The van der Waals surface area contributed by atoms with E-state index in [2.05, 4.69) is 10.2 Å². The number of nitrogens with one attached hydrogen (secondary N) is 1. The summed E-state index contributed by atoms with van der Waals surface area (Å²) >= 11 is 12.4. The highest BCUT2D eigenvalue weighted by Crippen LogP contribution is 2.42. The summed E-state index contributed by atoms with van der Waals surface area (Å²) in [4.78, 5) is 14.1. The third kappa shape index (κ3) is 4.22. The number of aliphatic hydroxyl groups is 1. The molecule has 1 aliphatic heterocycles. The maximum atomic E-state index is 12.0. The lowest BCUT2D eigenvalue weighted by molar-refractivity contribution is 0.0494. The second kappa shape index (κ2) is 6.95. The van der Waals surface area contributed by atoms with Gasteiger partial charge in [-0.15, -0.1) is 0 Å². The third-order valence-electron chi connectivity index (χ3n) is 4.63. The highest BCUT2D eigenvalue weighted by molar-refractivity contribution is 6.35. The Kier molecular flexibility index (Phi) is 5.22. The number of hydrogen-bond donors (Lipinski definition) is 2. The smallest absolute Gasteiger partial charge is 0.407 e. The highest BCUT2D eigenvalue weighted by atomic mass is 35.5. The van der Waals surface area contributed by atoms with Crippen molar-refractivity contribution in [3.8, 4) is 0 Å². The standard InChI is InChI=1S/C18H24Cl2N2O3/c1-18(2,3)25-17(24)21-11-4-5-22(9-11)16-13-6-10(19)7-14(20)12(13)8-15(16)23/h6-7,11,15-16,23H,4-5,8-9H2,1-3H3,(H,21,24)/t11-,15-,16-/m1/s1. The van der Waals surface area contributed by atoms with Crippen LogP contribution in [0, 0.1) is 0 Å². The minimum atomic E-state index is -0.522. The van der Waals surface area contributed by atoms with Crippen LogP contribution in [0.25, 0.3) is 0 Å². The fourth-order valence-corrected chi connectivity index (χ4v) is 4.29. The van der Waals surface area contributed by atoms with Gasteiger partial charge in [-0.05, 0) is 50.5 Å². The van der Waals surface area contributed by atoms with Gasteiger partial charge in [-0.25, -0.2) is 4.79 Å². The number of nitrogens with zero attached hydrogens (tertiary/aromatic N) is 1. The van der Waals surface area contributed by atoms with Gasteiger partial charge in [0.15, 0.2) is 0 Å². The zero-order chi connectivity index (χ0) is 18.4. The van der Waals surface area contributed by atoms with Crippen LogP contribution >= 0.6 is 23.2 Å². The Labute approximate surface area is 158 Å². The van der Waals surface area contributed by atoms with E-state index < -0.39 is 17.8 Å². The molecule has 0 unspecified atom stereocenters. The zero-order valence-electron chi connectivity index (χ0n) is 14.7. The molecule has 0 bridgehead atoms. The average molecular weight is 387 g/mol. The van der Waals surface area contributed by atoms with E-state index in [1.807, 2.05) is 26.8 Å². The van der Waals surface area contributed by atoms with E-state index in [0.717, 1.165) is 24.1 Å². The zero-order valence-corrected chi connectivity index (χ0v) is 16.2. The van der Waals surface area contributed by atoms with Crippen molar-refractivity contribution < 1.29 is 14.6 Å². The predicted molar refractivity (Wildman–Crippen MR) is 98.3 cm³/mol. The van der Waals surface area contributed by atoms with E-state index >= 15 is 0 Å². The molecule has 3 atom stereocenters.